The number of hydrazone groups is 1. The van der Waals surface area contributed by atoms with Crippen LogP contribution in [0.25, 0.3) is 0 Å². The minimum atomic E-state index is -0.891. The molecule has 0 saturated heterocycles. The first-order chi connectivity index (χ1) is 16.0. The molecule has 0 spiro atoms. The zero-order valence-electron chi connectivity index (χ0n) is 18.1. The Morgan fingerprint density at radius 2 is 1.58 bits per heavy atom. The minimum Gasteiger partial charge on any atom is -0.483 e. The Kier molecular flexibility index (Phi) is 8.30. The molecule has 3 amide bonds. The second kappa shape index (κ2) is 11.8. The molecule has 3 aromatic rings. The molecule has 0 aliphatic rings. The van der Waals surface area contributed by atoms with Gasteiger partial charge < -0.3 is 15.4 Å². The van der Waals surface area contributed by atoms with Gasteiger partial charge in [0.15, 0.2) is 6.61 Å². The first-order valence-corrected chi connectivity index (χ1v) is 10.2. The standard InChI is InChI=1S/C25H24N4O4/c1-18-11-13-21(14-12-18)28-23(30)17-33-22-10-6-5-9-20(22)16-27-29-25(32)24(31)26-15-19-7-3-2-4-8-19/h2-14,16H,15,17H2,1H3,(H,26,31)(H,28,30)(H,29,32)/b27-16-. The van der Waals surface area contributed by atoms with E-state index in [1.165, 1.54) is 6.21 Å². The van der Waals surface area contributed by atoms with Gasteiger partial charge in [-0.1, -0.05) is 60.2 Å². The largest absolute Gasteiger partial charge is 0.483 e. The van der Waals surface area contributed by atoms with Gasteiger partial charge in [-0.05, 0) is 36.8 Å². The highest BCUT2D eigenvalue weighted by molar-refractivity contribution is 6.35. The number of carbonyl (C=O) groups excluding carboxylic acids is 3. The number of carbonyl (C=O) groups is 3. The molecule has 0 radical (unpaired) electrons. The van der Waals surface area contributed by atoms with Gasteiger partial charge in [-0.25, -0.2) is 5.43 Å². The Labute approximate surface area is 191 Å². The van der Waals surface area contributed by atoms with Crippen molar-refractivity contribution >= 4 is 29.6 Å². The van der Waals surface area contributed by atoms with Crippen LogP contribution < -0.4 is 20.8 Å². The molecule has 3 N–H and O–H groups in total. The van der Waals surface area contributed by atoms with E-state index in [9.17, 15) is 14.4 Å². The minimum absolute atomic E-state index is 0.201. The third-order valence-corrected chi connectivity index (χ3v) is 4.48. The second-order valence-corrected chi connectivity index (χ2v) is 7.11. The van der Waals surface area contributed by atoms with Crippen LogP contribution in [-0.4, -0.2) is 30.5 Å². The van der Waals surface area contributed by atoms with Crippen molar-refractivity contribution in [1.82, 2.24) is 10.7 Å². The molecule has 0 aromatic heterocycles. The summed E-state index contributed by atoms with van der Waals surface area (Å²) in [6, 6.07) is 23.6. The number of aryl methyl sites for hydroxylation is 1. The van der Waals surface area contributed by atoms with Gasteiger partial charge in [0.25, 0.3) is 5.91 Å². The van der Waals surface area contributed by atoms with E-state index in [1.54, 1.807) is 24.3 Å². The average molecular weight is 444 g/mol. The van der Waals surface area contributed by atoms with E-state index < -0.39 is 11.8 Å². The summed E-state index contributed by atoms with van der Waals surface area (Å²) in [7, 11) is 0. The Morgan fingerprint density at radius 1 is 0.879 bits per heavy atom. The summed E-state index contributed by atoms with van der Waals surface area (Å²) >= 11 is 0. The maximum Gasteiger partial charge on any atom is 0.329 e. The SMILES string of the molecule is Cc1ccc(NC(=O)COc2ccccc2/C=N\NC(=O)C(=O)NCc2ccccc2)cc1. The zero-order chi connectivity index (χ0) is 23.5. The molecule has 0 fully saturated rings. The van der Waals surface area contributed by atoms with Gasteiger partial charge >= 0.3 is 11.8 Å². The van der Waals surface area contributed by atoms with E-state index >= 15 is 0 Å². The van der Waals surface area contributed by atoms with E-state index in [1.807, 2.05) is 61.5 Å². The van der Waals surface area contributed by atoms with E-state index in [0.717, 1.165) is 11.1 Å². The number of benzene rings is 3. The number of amides is 3. The Bertz CT molecular complexity index is 1130. The van der Waals surface area contributed by atoms with Crippen LogP contribution in [0, 0.1) is 6.92 Å². The molecule has 0 atom stereocenters. The van der Waals surface area contributed by atoms with Gasteiger partial charge in [-0.3, -0.25) is 14.4 Å². The van der Waals surface area contributed by atoms with Crippen molar-refractivity contribution < 1.29 is 19.1 Å². The molecule has 168 valence electrons. The maximum atomic E-state index is 12.2. The Morgan fingerprint density at radius 3 is 2.33 bits per heavy atom. The predicted octanol–water partition coefficient (Wildman–Crippen LogP) is 2.78. The van der Waals surface area contributed by atoms with Crippen molar-refractivity contribution in [2.45, 2.75) is 13.5 Å². The summed E-state index contributed by atoms with van der Waals surface area (Å²) in [4.78, 5) is 36.0. The third kappa shape index (κ3) is 7.62. The fourth-order valence-corrected chi connectivity index (χ4v) is 2.77. The molecular formula is C25H24N4O4. The Balaban J connectivity index is 1.48. The van der Waals surface area contributed by atoms with E-state index in [0.29, 0.717) is 17.0 Å². The number of rotatable bonds is 8. The van der Waals surface area contributed by atoms with Gasteiger partial charge in [0.1, 0.15) is 5.75 Å². The molecule has 0 unspecified atom stereocenters. The van der Waals surface area contributed by atoms with Crippen molar-refractivity contribution in [1.29, 1.82) is 0 Å². The van der Waals surface area contributed by atoms with Gasteiger partial charge in [0.2, 0.25) is 0 Å². The van der Waals surface area contributed by atoms with Crippen molar-refractivity contribution in [3.63, 3.8) is 0 Å². The highest BCUT2D eigenvalue weighted by Crippen LogP contribution is 2.16. The smallest absolute Gasteiger partial charge is 0.329 e. The highest BCUT2D eigenvalue weighted by Gasteiger charge is 2.12. The quantitative estimate of drug-likeness (QED) is 0.282. The van der Waals surface area contributed by atoms with E-state index in [2.05, 4.69) is 21.2 Å². The highest BCUT2D eigenvalue weighted by atomic mass is 16.5. The molecule has 0 bridgehead atoms. The summed E-state index contributed by atoms with van der Waals surface area (Å²) in [6.07, 6.45) is 1.34. The predicted molar refractivity (Wildman–Crippen MR) is 126 cm³/mol. The summed E-state index contributed by atoms with van der Waals surface area (Å²) < 4.78 is 5.59. The fourth-order valence-electron chi connectivity index (χ4n) is 2.77. The first kappa shape index (κ1) is 23.2. The summed E-state index contributed by atoms with van der Waals surface area (Å²) in [5, 5.41) is 9.09. The molecule has 0 aliphatic heterocycles. The maximum absolute atomic E-state index is 12.2. The van der Waals surface area contributed by atoms with Gasteiger partial charge in [0, 0.05) is 17.8 Å². The topological polar surface area (TPSA) is 109 Å². The van der Waals surface area contributed by atoms with Crippen molar-refractivity contribution in [2.75, 3.05) is 11.9 Å². The lowest BCUT2D eigenvalue weighted by atomic mass is 10.2. The lowest BCUT2D eigenvalue weighted by Gasteiger charge is -2.10. The zero-order valence-corrected chi connectivity index (χ0v) is 18.1. The van der Waals surface area contributed by atoms with Gasteiger partial charge in [-0.2, -0.15) is 5.10 Å². The molecule has 0 aliphatic carbocycles. The van der Waals surface area contributed by atoms with Crippen molar-refractivity contribution in [3.05, 3.63) is 95.6 Å². The van der Waals surface area contributed by atoms with Crippen LogP contribution in [0.1, 0.15) is 16.7 Å². The van der Waals surface area contributed by atoms with Crippen LogP contribution in [0.4, 0.5) is 5.69 Å². The first-order valence-electron chi connectivity index (χ1n) is 10.2. The summed E-state index contributed by atoms with van der Waals surface area (Å²) in [5.41, 5.74) is 5.36. The number of para-hydroxylation sites is 1. The van der Waals surface area contributed by atoms with Crippen LogP contribution in [0.3, 0.4) is 0 Å². The Hall–Kier alpha value is -4.46. The molecule has 3 rings (SSSR count). The van der Waals surface area contributed by atoms with Crippen LogP contribution in [0.2, 0.25) is 0 Å². The van der Waals surface area contributed by atoms with Crippen LogP contribution in [-0.2, 0) is 20.9 Å². The number of anilines is 1. The number of hydrogen-bond donors (Lipinski definition) is 3. The molecule has 3 aromatic carbocycles. The van der Waals surface area contributed by atoms with Crippen molar-refractivity contribution in [3.8, 4) is 5.75 Å². The van der Waals surface area contributed by atoms with Crippen LogP contribution in [0.5, 0.6) is 5.75 Å². The van der Waals surface area contributed by atoms with Crippen LogP contribution >= 0.6 is 0 Å². The van der Waals surface area contributed by atoms with E-state index in [4.69, 9.17) is 4.74 Å². The third-order valence-electron chi connectivity index (χ3n) is 4.48. The fraction of sp³-hybridized carbons (Fsp3) is 0.120. The molecule has 0 saturated carbocycles. The van der Waals surface area contributed by atoms with E-state index in [-0.39, 0.29) is 19.1 Å². The molecule has 33 heavy (non-hydrogen) atoms. The number of ether oxygens (including phenoxy) is 1. The van der Waals surface area contributed by atoms with Crippen molar-refractivity contribution in [2.24, 2.45) is 5.10 Å². The summed E-state index contributed by atoms with van der Waals surface area (Å²) in [5.74, 6) is -1.59. The normalized spacial score (nSPS) is 10.5. The molecule has 0 heterocycles. The molecular weight excluding hydrogens is 420 g/mol. The molecule has 8 nitrogen and oxygen atoms in total. The van der Waals surface area contributed by atoms with Gasteiger partial charge in [-0.15, -0.1) is 0 Å². The van der Waals surface area contributed by atoms with Gasteiger partial charge in [0.05, 0.1) is 6.21 Å². The lowest BCUT2D eigenvalue weighted by molar-refractivity contribution is -0.139. The lowest BCUT2D eigenvalue weighted by Crippen LogP contribution is -2.37. The number of nitrogens with zero attached hydrogens (tertiary/aromatic N) is 1. The number of hydrogen-bond acceptors (Lipinski definition) is 5. The average Bonchev–Trinajstić information content (AvgIpc) is 2.84. The van der Waals surface area contributed by atoms with Crippen LogP contribution in [0.15, 0.2) is 84.0 Å². The number of nitrogens with one attached hydrogen (secondary N) is 3. The molecule has 8 heteroatoms. The summed E-state index contributed by atoms with van der Waals surface area (Å²) in [6.45, 7) is 2.00. The monoisotopic (exact) mass is 444 g/mol. The second-order valence-electron chi connectivity index (χ2n) is 7.11.